The van der Waals surface area contributed by atoms with Crippen molar-refractivity contribution in [3.8, 4) is 11.5 Å². The van der Waals surface area contributed by atoms with Crippen LogP contribution in [0.15, 0.2) is 12.1 Å². The molecule has 2 rings (SSSR count). The highest BCUT2D eigenvalue weighted by atomic mass is 35.5. The third-order valence-corrected chi connectivity index (χ3v) is 3.13. The zero-order valence-corrected chi connectivity index (χ0v) is 11.6. The average Bonchev–Trinajstić information content (AvgIpc) is 2.44. The van der Waals surface area contributed by atoms with Crippen LogP contribution in [0.25, 0.3) is 0 Å². The number of amides is 1. The summed E-state index contributed by atoms with van der Waals surface area (Å²) < 4.78 is 10.7. The number of carbonyl (C=O) groups excluding carboxylic acids is 1. The molecule has 0 radical (unpaired) electrons. The summed E-state index contributed by atoms with van der Waals surface area (Å²) in [4.78, 5) is 22.6. The summed E-state index contributed by atoms with van der Waals surface area (Å²) in [5.41, 5.74) is 0.303. The quantitative estimate of drug-likeness (QED) is 0.881. The number of aliphatic carboxylic acids is 1. The van der Waals surface area contributed by atoms with Crippen molar-refractivity contribution in [2.45, 2.75) is 6.92 Å². The Morgan fingerprint density at radius 1 is 1.40 bits per heavy atom. The number of benzene rings is 1. The molecule has 1 atom stereocenters. The van der Waals surface area contributed by atoms with Crippen LogP contribution in [-0.4, -0.2) is 36.7 Å². The molecule has 108 valence electrons. The predicted octanol–water partition coefficient (Wildman–Crippen LogP) is 1.56. The molecule has 1 unspecified atom stereocenters. The van der Waals surface area contributed by atoms with Crippen molar-refractivity contribution in [3.05, 3.63) is 22.7 Å². The van der Waals surface area contributed by atoms with Crippen molar-refractivity contribution in [1.82, 2.24) is 5.32 Å². The molecule has 0 aromatic heterocycles. The maximum absolute atomic E-state index is 12.0. The van der Waals surface area contributed by atoms with Crippen LogP contribution in [0.2, 0.25) is 5.02 Å². The number of carbonyl (C=O) groups is 2. The first-order valence-electron chi connectivity index (χ1n) is 6.09. The van der Waals surface area contributed by atoms with Gasteiger partial charge in [0, 0.05) is 12.1 Å². The summed E-state index contributed by atoms with van der Waals surface area (Å²) in [6.07, 6.45) is 0. The lowest BCUT2D eigenvalue weighted by Gasteiger charge is -2.20. The molecule has 6 nitrogen and oxygen atoms in total. The fourth-order valence-electron chi connectivity index (χ4n) is 1.68. The van der Waals surface area contributed by atoms with Gasteiger partial charge in [-0.1, -0.05) is 18.5 Å². The Balaban J connectivity index is 2.10. The lowest BCUT2D eigenvalue weighted by atomic mass is 10.1. The Morgan fingerprint density at radius 2 is 2.10 bits per heavy atom. The van der Waals surface area contributed by atoms with Gasteiger partial charge < -0.3 is 19.9 Å². The number of rotatable bonds is 4. The van der Waals surface area contributed by atoms with Gasteiger partial charge >= 0.3 is 5.97 Å². The molecule has 1 aliphatic heterocycles. The lowest BCUT2D eigenvalue weighted by molar-refractivity contribution is -0.140. The maximum atomic E-state index is 12.0. The molecule has 1 aliphatic rings. The maximum Gasteiger partial charge on any atom is 0.308 e. The first-order valence-corrected chi connectivity index (χ1v) is 6.47. The van der Waals surface area contributed by atoms with Gasteiger partial charge in [-0.15, -0.1) is 0 Å². The highest BCUT2D eigenvalue weighted by Crippen LogP contribution is 2.38. The van der Waals surface area contributed by atoms with Crippen LogP contribution in [0.3, 0.4) is 0 Å². The van der Waals surface area contributed by atoms with E-state index in [0.717, 1.165) is 0 Å². The van der Waals surface area contributed by atoms with Gasteiger partial charge in [0.05, 0.1) is 10.9 Å². The summed E-state index contributed by atoms with van der Waals surface area (Å²) in [6.45, 7) is 2.36. The van der Waals surface area contributed by atoms with Crippen LogP contribution in [0.1, 0.15) is 17.3 Å². The summed E-state index contributed by atoms with van der Waals surface area (Å²) in [7, 11) is 0. The smallest absolute Gasteiger partial charge is 0.308 e. The Morgan fingerprint density at radius 3 is 2.80 bits per heavy atom. The topological polar surface area (TPSA) is 84.9 Å². The van der Waals surface area contributed by atoms with E-state index >= 15 is 0 Å². The van der Waals surface area contributed by atoms with E-state index in [1.807, 2.05) is 0 Å². The number of hydrogen-bond acceptors (Lipinski definition) is 4. The molecule has 0 bridgehead atoms. The number of nitrogens with one attached hydrogen (secondary N) is 1. The van der Waals surface area contributed by atoms with Gasteiger partial charge in [0.25, 0.3) is 5.91 Å². The van der Waals surface area contributed by atoms with Crippen molar-refractivity contribution in [2.24, 2.45) is 5.92 Å². The molecule has 7 heteroatoms. The third-order valence-electron chi connectivity index (χ3n) is 2.85. The molecule has 0 saturated carbocycles. The van der Waals surface area contributed by atoms with Gasteiger partial charge in [-0.05, 0) is 12.1 Å². The second kappa shape index (κ2) is 6.00. The molecular weight excluding hydrogens is 286 g/mol. The highest BCUT2D eigenvalue weighted by Gasteiger charge is 2.20. The number of halogens is 1. The molecule has 0 fully saturated rings. The van der Waals surface area contributed by atoms with E-state index in [-0.39, 0.29) is 6.54 Å². The number of hydrogen-bond donors (Lipinski definition) is 2. The van der Waals surface area contributed by atoms with E-state index in [9.17, 15) is 9.59 Å². The van der Waals surface area contributed by atoms with E-state index < -0.39 is 17.8 Å². The summed E-state index contributed by atoms with van der Waals surface area (Å²) in [6, 6.07) is 3.00. The van der Waals surface area contributed by atoms with Crippen molar-refractivity contribution in [3.63, 3.8) is 0 Å². The van der Waals surface area contributed by atoms with Gasteiger partial charge in [0.15, 0.2) is 11.5 Å². The number of fused-ring (bicyclic) bond motifs is 1. The van der Waals surface area contributed by atoms with E-state index in [4.69, 9.17) is 26.2 Å². The molecule has 1 amide bonds. The fourth-order valence-corrected chi connectivity index (χ4v) is 1.94. The minimum atomic E-state index is -0.967. The molecule has 0 saturated heterocycles. The SMILES string of the molecule is CC(CNC(=O)c1cc(Cl)c2c(c1)OCCO2)C(=O)O. The van der Waals surface area contributed by atoms with Crippen LogP contribution in [0, 0.1) is 5.92 Å². The zero-order chi connectivity index (χ0) is 14.7. The van der Waals surface area contributed by atoms with E-state index in [2.05, 4.69) is 5.32 Å². The zero-order valence-electron chi connectivity index (χ0n) is 10.8. The summed E-state index contributed by atoms with van der Waals surface area (Å²) >= 11 is 6.03. The Labute approximate surface area is 120 Å². The van der Waals surface area contributed by atoms with Gasteiger partial charge in [-0.2, -0.15) is 0 Å². The molecule has 20 heavy (non-hydrogen) atoms. The van der Waals surface area contributed by atoms with Crippen LogP contribution in [-0.2, 0) is 4.79 Å². The lowest BCUT2D eigenvalue weighted by Crippen LogP contribution is -2.31. The van der Waals surface area contributed by atoms with Gasteiger partial charge in [0.2, 0.25) is 0 Å². The van der Waals surface area contributed by atoms with Crippen LogP contribution >= 0.6 is 11.6 Å². The van der Waals surface area contributed by atoms with Crippen LogP contribution in [0.5, 0.6) is 11.5 Å². The molecule has 2 N–H and O–H groups in total. The van der Waals surface area contributed by atoms with Gasteiger partial charge in [-0.3, -0.25) is 9.59 Å². The Kier molecular flexibility index (Phi) is 4.34. The van der Waals surface area contributed by atoms with E-state index in [1.165, 1.54) is 19.1 Å². The normalized spacial score (nSPS) is 14.5. The van der Waals surface area contributed by atoms with Crippen molar-refractivity contribution in [2.75, 3.05) is 19.8 Å². The monoisotopic (exact) mass is 299 g/mol. The molecule has 1 aromatic rings. The first kappa shape index (κ1) is 14.5. The number of carboxylic acid groups (broad SMARTS) is 1. The van der Waals surface area contributed by atoms with Crippen LogP contribution < -0.4 is 14.8 Å². The summed E-state index contributed by atoms with van der Waals surface area (Å²) in [5.74, 6) is -1.19. The van der Waals surface area contributed by atoms with Crippen molar-refractivity contribution in [1.29, 1.82) is 0 Å². The van der Waals surface area contributed by atoms with Gasteiger partial charge in [0.1, 0.15) is 13.2 Å². The molecule has 0 spiro atoms. The predicted molar refractivity (Wildman–Crippen MR) is 71.6 cm³/mol. The third kappa shape index (κ3) is 3.14. The number of ether oxygens (including phenoxy) is 2. The highest BCUT2D eigenvalue weighted by molar-refractivity contribution is 6.32. The van der Waals surface area contributed by atoms with Crippen LogP contribution in [0.4, 0.5) is 0 Å². The summed E-state index contributed by atoms with van der Waals surface area (Å²) in [5, 5.41) is 11.6. The Hall–Kier alpha value is -1.95. The largest absolute Gasteiger partial charge is 0.486 e. The molecule has 1 heterocycles. The fraction of sp³-hybridized carbons (Fsp3) is 0.385. The first-order chi connectivity index (χ1) is 9.49. The van der Waals surface area contributed by atoms with Gasteiger partial charge in [-0.25, -0.2) is 0 Å². The van der Waals surface area contributed by atoms with E-state index in [1.54, 1.807) is 0 Å². The minimum Gasteiger partial charge on any atom is -0.486 e. The number of carboxylic acids is 1. The van der Waals surface area contributed by atoms with Crippen molar-refractivity contribution < 1.29 is 24.2 Å². The minimum absolute atomic E-state index is 0.0419. The van der Waals surface area contributed by atoms with E-state index in [0.29, 0.717) is 35.3 Å². The molecule has 1 aromatic carbocycles. The Bertz CT molecular complexity index is 546. The standard InChI is InChI=1S/C13H14ClNO5/c1-7(13(17)18)6-15-12(16)8-4-9(14)11-10(5-8)19-2-3-20-11/h4-5,7H,2-3,6H2,1H3,(H,15,16)(H,17,18). The average molecular weight is 300 g/mol. The second-order valence-electron chi connectivity index (χ2n) is 4.43. The second-order valence-corrected chi connectivity index (χ2v) is 4.84. The van der Waals surface area contributed by atoms with Crippen molar-refractivity contribution >= 4 is 23.5 Å². The molecule has 0 aliphatic carbocycles. The molecular formula is C13H14ClNO5.